The number of fused-ring (bicyclic) bond motifs is 2. The summed E-state index contributed by atoms with van der Waals surface area (Å²) in [4.78, 5) is 24.8. The van der Waals surface area contributed by atoms with E-state index in [1.54, 1.807) is 13.8 Å². The molecule has 2 bridgehead atoms. The van der Waals surface area contributed by atoms with Gasteiger partial charge in [0.05, 0.1) is 0 Å². The van der Waals surface area contributed by atoms with Crippen LogP contribution < -0.4 is 0 Å². The average molecular weight is 286 g/mol. The summed E-state index contributed by atoms with van der Waals surface area (Å²) in [5, 5.41) is 0. The highest BCUT2D eigenvalue weighted by Crippen LogP contribution is 2.84. The van der Waals surface area contributed by atoms with Gasteiger partial charge in [0.15, 0.2) is 0 Å². The number of rotatable bonds is 0. The fourth-order valence-electron chi connectivity index (χ4n) is 7.40. The largest absolute Gasteiger partial charge is 0.419 e. The van der Waals surface area contributed by atoms with E-state index in [-0.39, 0.29) is 5.57 Å². The Morgan fingerprint density at radius 2 is 1.48 bits per heavy atom. The molecule has 0 aromatic carbocycles. The molecule has 0 aromatic heterocycles. The summed E-state index contributed by atoms with van der Waals surface area (Å²) in [6.07, 6.45) is 2.67. The minimum Gasteiger partial charge on any atom is -0.419 e. The van der Waals surface area contributed by atoms with Crippen molar-refractivity contribution in [2.45, 2.75) is 32.5 Å². The van der Waals surface area contributed by atoms with Gasteiger partial charge < -0.3 is 9.47 Å². The third-order valence-corrected chi connectivity index (χ3v) is 7.46. The molecule has 1 aliphatic heterocycles. The number of cyclic esters (lactones) is 2. The molecule has 0 spiro atoms. The second-order valence-electron chi connectivity index (χ2n) is 8.34. The van der Waals surface area contributed by atoms with Gasteiger partial charge in [-0.25, -0.2) is 9.59 Å². The molecular weight excluding hydrogens is 268 g/mol. The zero-order valence-corrected chi connectivity index (χ0v) is 12.2. The van der Waals surface area contributed by atoms with Crippen molar-refractivity contribution in [2.75, 3.05) is 0 Å². The van der Waals surface area contributed by atoms with Crippen molar-refractivity contribution in [1.82, 2.24) is 0 Å². The van der Waals surface area contributed by atoms with Crippen LogP contribution in [0.5, 0.6) is 0 Å². The molecule has 6 rings (SSSR count). The van der Waals surface area contributed by atoms with Crippen molar-refractivity contribution in [3.63, 3.8) is 0 Å². The predicted molar refractivity (Wildman–Crippen MR) is 70.4 cm³/mol. The molecule has 1 saturated heterocycles. The molecule has 1 heterocycles. The topological polar surface area (TPSA) is 52.6 Å². The monoisotopic (exact) mass is 286 g/mol. The van der Waals surface area contributed by atoms with Gasteiger partial charge in [-0.3, -0.25) is 0 Å². The second-order valence-corrected chi connectivity index (χ2v) is 8.34. The maximum atomic E-state index is 12.4. The normalized spacial score (nSPS) is 56.9. The first-order chi connectivity index (χ1) is 9.98. The minimum absolute atomic E-state index is 0.271. The van der Waals surface area contributed by atoms with E-state index in [0.29, 0.717) is 11.8 Å². The molecule has 0 unspecified atom stereocenters. The highest BCUT2D eigenvalue weighted by molar-refractivity contribution is 6.16. The highest BCUT2D eigenvalue weighted by atomic mass is 16.7. The lowest BCUT2D eigenvalue weighted by Crippen LogP contribution is -2.45. The summed E-state index contributed by atoms with van der Waals surface area (Å²) in [5.41, 5.74) is 1.42. The van der Waals surface area contributed by atoms with Crippen LogP contribution in [0.2, 0.25) is 0 Å². The summed E-state index contributed by atoms with van der Waals surface area (Å²) in [6, 6.07) is 0. The van der Waals surface area contributed by atoms with Crippen molar-refractivity contribution in [1.29, 1.82) is 0 Å². The lowest BCUT2D eigenvalue weighted by Gasteiger charge is -2.46. The summed E-state index contributed by atoms with van der Waals surface area (Å²) in [7, 11) is 0. The van der Waals surface area contributed by atoms with Crippen molar-refractivity contribution in [3.8, 4) is 0 Å². The first-order valence-electron chi connectivity index (χ1n) is 8.19. The standard InChI is InChI=1S/C17H18O4/c1-17(2)20-15(18)14(16(19)21-17)13-10-6-4-7-9-5(6)3-8(10)11(9)12(7)13/h5-12H,3-4H2,1-2H3/t5-,6+,7-,8+,9-,10-,11+,12+/m0/s1. The maximum Gasteiger partial charge on any atom is 0.348 e. The molecule has 4 heteroatoms. The van der Waals surface area contributed by atoms with Crippen LogP contribution >= 0.6 is 0 Å². The number of carbonyl (C=O) groups excluding carboxylic acids is 2. The number of carbonyl (C=O) groups is 2. The molecule has 0 radical (unpaired) electrons. The number of hydrogen-bond donors (Lipinski definition) is 0. The van der Waals surface area contributed by atoms with E-state index in [1.165, 1.54) is 12.8 Å². The average Bonchev–Trinajstić information content (AvgIpc) is 2.85. The fraction of sp³-hybridized carbons (Fsp3) is 0.765. The van der Waals surface area contributed by atoms with Gasteiger partial charge in [0.2, 0.25) is 0 Å². The van der Waals surface area contributed by atoms with E-state index < -0.39 is 17.7 Å². The minimum atomic E-state index is -1.13. The highest BCUT2D eigenvalue weighted by Gasteiger charge is 2.79. The Hall–Kier alpha value is -1.32. The van der Waals surface area contributed by atoms with Crippen molar-refractivity contribution in [2.24, 2.45) is 47.3 Å². The molecule has 0 N–H and O–H groups in total. The predicted octanol–water partition coefficient (Wildman–Crippen LogP) is 1.90. The molecule has 5 saturated carbocycles. The first-order valence-corrected chi connectivity index (χ1v) is 8.19. The third-order valence-electron chi connectivity index (χ3n) is 7.46. The van der Waals surface area contributed by atoms with Crippen LogP contribution in [0, 0.1) is 47.3 Å². The lowest BCUT2D eigenvalue weighted by molar-refractivity contribution is -0.222. The van der Waals surface area contributed by atoms with Gasteiger partial charge >= 0.3 is 11.9 Å². The summed E-state index contributed by atoms with van der Waals surface area (Å²) >= 11 is 0. The van der Waals surface area contributed by atoms with E-state index in [0.717, 1.165) is 41.1 Å². The van der Waals surface area contributed by atoms with Crippen LogP contribution in [0.1, 0.15) is 26.7 Å². The summed E-state index contributed by atoms with van der Waals surface area (Å²) < 4.78 is 10.7. The third kappa shape index (κ3) is 0.984. The van der Waals surface area contributed by atoms with Crippen molar-refractivity contribution >= 4 is 11.9 Å². The van der Waals surface area contributed by atoms with Gasteiger partial charge in [0, 0.05) is 13.8 Å². The Morgan fingerprint density at radius 3 is 2.19 bits per heavy atom. The second kappa shape index (κ2) is 2.92. The Morgan fingerprint density at radius 1 is 0.857 bits per heavy atom. The Balaban J connectivity index is 1.53. The van der Waals surface area contributed by atoms with Gasteiger partial charge in [-0.1, -0.05) is 0 Å². The molecule has 110 valence electrons. The van der Waals surface area contributed by atoms with Gasteiger partial charge in [-0.05, 0) is 65.8 Å². The molecular formula is C17H18O4. The molecule has 21 heavy (non-hydrogen) atoms. The van der Waals surface area contributed by atoms with Crippen LogP contribution in [0.3, 0.4) is 0 Å². The Kier molecular flexibility index (Phi) is 1.57. The fourth-order valence-corrected chi connectivity index (χ4v) is 7.40. The molecule has 6 fully saturated rings. The van der Waals surface area contributed by atoms with Crippen LogP contribution in [0.25, 0.3) is 0 Å². The molecule has 5 aliphatic carbocycles. The number of ether oxygens (including phenoxy) is 2. The smallest absolute Gasteiger partial charge is 0.348 e. The van der Waals surface area contributed by atoms with Gasteiger partial charge in [-0.2, -0.15) is 0 Å². The van der Waals surface area contributed by atoms with Crippen LogP contribution in [-0.4, -0.2) is 17.7 Å². The number of allylic oxidation sites excluding steroid dienone is 1. The van der Waals surface area contributed by atoms with Gasteiger partial charge in [-0.15, -0.1) is 0 Å². The van der Waals surface area contributed by atoms with Crippen LogP contribution in [0.4, 0.5) is 0 Å². The molecule has 6 aliphatic rings. The van der Waals surface area contributed by atoms with Gasteiger partial charge in [0.25, 0.3) is 5.79 Å². The SMILES string of the molecule is CC1(C)OC(=O)C(=C2[C@H]3[C@@H]4C[C@@H]5[C@@H]2[C@@H]2[C@@H]3C[C@@H]4[C@@H]52)C(=O)O1. The quantitative estimate of drug-likeness (QED) is 0.388. The van der Waals surface area contributed by atoms with Crippen molar-refractivity contribution in [3.05, 3.63) is 11.1 Å². The maximum absolute atomic E-state index is 12.4. The lowest BCUT2D eigenvalue weighted by atomic mass is 9.58. The molecule has 4 nitrogen and oxygen atoms in total. The zero-order chi connectivity index (χ0) is 14.3. The Labute approximate surface area is 122 Å². The molecule has 0 amide bonds. The van der Waals surface area contributed by atoms with E-state index in [4.69, 9.17) is 9.47 Å². The Bertz CT molecular complexity index is 632. The molecule has 0 aromatic rings. The zero-order valence-electron chi connectivity index (χ0n) is 12.2. The first kappa shape index (κ1) is 11.3. The van der Waals surface area contributed by atoms with Crippen LogP contribution in [-0.2, 0) is 19.1 Å². The number of hydrogen-bond acceptors (Lipinski definition) is 4. The molecule has 8 atom stereocenters. The van der Waals surface area contributed by atoms with E-state index >= 15 is 0 Å². The van der Waals surface area contributed by atoms with E-state index in [9.17, 15) is 9.59 Å². The summed E-state index contributed by atoms with van der Waals surface area (Å²) in [5.74, 6) is 3.74. The van der Waals surface area contributed by atoms with E-state index in [2.05, 4.69) is 0 Å². The van der Waals surface area contributed by atoms with Crippen molar-refractivity contribution < 1.29 is 19.1 Å². The van der Waals surface area contributed by atoms with Gasteiger partial charge in [0.1, 0.15) is 5.57 Å². The van der Waals surface area contributed by atoms with Crippen LogP contribution in [0.15, 0.2) is 11.1 Å². The summed E-state index contributed by atoms with van der Waals surface area (Å²) in [6.45, 7) is 3.23. The van der Waals surface area contributed by atoms with E-state index in [1.807, 2.05) is 0 Å². The number of esters is 2.